The molecule has 0 bridgehead atoms. The predicted molar refractivity (Wildman–Crippen MR) is 96.8 cm³/mol. The predicted octanol–water partition coefficient (Wildman–Crippen LogP) is 2.68. The Morgan fingerprint density at radius 1 is 0.692 bits per heavy atom. The lowest BCUT2D eigenvalue weighted by Gasteiger charge is -2.05. The molecule has 136 valence electrons. The molecule has 2 N–H and O–H groups in total. The van der Waals surface area contributed by atoms with Crippen LogP contribution in [-0.2, 0) is 22.3 Å². The van der Waals surface area contributed by atoms with E-state index in [0.29, 0.717) is 13.2 Å². The van der Waals surface area contributed by atoms with Gasteiger partial charge in [-0.3, -0.25) is 0 Å². The third-order valence-corrected chi connectivity index (χ3v) is 4.13. The van der Waals surface area contributed by atoms with E-state index >= 15 is 0 Å². The smallest absolute Gasteiger partial charge is 0.407 e. The van der Waals surface area contributed by atoms with Crippen molar-refractivity contribution >= 4 is 12.2 Å². The Bertz CT molecular complexity index is 658. The van der Waals surface area contributed by atoms with E-state index in [-0.39, 0.29) is 24.3 Å². The highest BCUT2D eigenvalue weighted by Crippen LogP contribution is 2.08. The monoisotopic (exact) mass is 354 g/mol. The van der Waals surface area contributed by atoms with Crippen molar-refractivity contribution in [3.05, 3.63) is 71.8 Å². The third-order valence-electron chi connectivity index (χ3n) is 4.13. The molecule has 2 aliphatic heterocycles. The molecule has 2 aromatic carbocycles. The van der Waals surface area contributed by atoms with E-state index in [1.165, 1.54) is 11.1 Å². The zero-order chi connectivity index (χ0) is 18.2. The second-order valence-electron chi connectivity index (χ2n) is 6.26. The van der Waals surface area contributed by atoms with Crippen LogP contribution in [0.4, 0.5) is 9.59 Å². The van der Waals surface area contributed by atoms with Gasteiger partial charge in [0.05, 0.1) is 12.1 Å². The van der Waals surface area contributed by atoms with Crippen LogP contribution < -0.4 is 10.6 Å². The van der Waals surface area contributed by atoms with Crippen molar-refractivity contribution in [3.63, 3.8) is 0 Å². The number of carbonyl (C=O) groups excluding carboxylic acids is 2. The van der Waals surface area contributed by atoms with Crippen LogP contribution in [0.5, 0.6) is 0 Å². The Morgan fingerprint density at radius 2 is 1.08 bits per heavy atom. The Labute approximate surface area is 152 Å². The largest absolute Gasteiger partial charge is 0.447 e. The minimum absolute atomic E-state index is 0.134. The molecule has 4 rings (SSSR count). The molecule has 0 saturated carbocycles. The number of rotatable bonds is 4. The van der Waals surface area contributed by atoms with Crippen molar-refractivity contribution in [1.29, 1.82) is 0 Å². The van der Waals surface area contributed by atoms with Gasteiger partial charge < -0.3 is 20.1 Å². The summed E-state index contributed by atoms with van der Waals surface area (Å²) < 4.78 is 9.58. The van der Waals surface area contributed by atoms with E-state index in [1.807, 2.05) is 60.7 Å². The van der Waals surface area contributed by atoms with Gasteiger partial charge in [0, 0.05) is 0 Å². The zero-order valence-corrected chi connectivity index (χ0v) is 14.4. The van der Waals surface area contributed by atoms with Gasteiger partial charge in [0.2, 0.25) is 0 Å². The second kappa shape index (κ2) is 8.89. The Kier molecular flexibility index (Phi) is 6.09. The summed E-state index contributed by atoms with van der Waals surface area (Å²) in [7, 11) is 0. The average molecular weight is 354 g/mol. The molecule has 26 heavy (non-hydrogen) atoms. The first-order valence-electron chi connectivity index (χ1n) is 8.63. The normalized spacial score (nSPS) is 20.9. The maximum absolute atomic E-state index is 10.7. The van der Waals surface area contributed by atoms with Crippen molar-refractivity contribution in [1.82, 2.24) is 10.6 Å². The summed E-state index contributed by atoms with van der Waals surface area (Å²) in [6, 6.07) is 20.4. The summed E-state index contributed by atoms with van der Waals surface area (Å²) in [5.74, 6) is 0. The zero-order valence-electron chi connectivity index (χ0n) is 14.4. The van der Waals surface area contributed by atoms with Gasteiger partial charge in [-0.05, 0) is 24.0 Å². The van der Waals surface area contributed by atoms with E-state index in [2.05, 4.69) is 10.6 Å². The highest BCUT2D eigenvalue weighted by molar-refractivity contribution is 5.70. The van der Waals surface area contributed by atoms with Gasteiger partial charge in [-0.2, -0.15) is 0 Å². The molecule has 0 aromatic heterocycles. The molecule has 2 heterocycles. The second-order valence-corrected chi connectivity index (χ2v) is 6.26. The molecule has 2 atom stereocenters. The third kappa shape index (κ3) is 5.51. The van der Waals surface area contributed by atoms with E-state index in [0.717, 1.165) is 12.8 Å². The summed E-state index contributed by atoms with van der Waals surface area (Å²) in [5, 5.41) is 5.48. The van der Waals surface area contributed by atoms with Crippen molar-refractivity contribution in [2.24, 2.45) is 0 Å². The molecule has 2 amide bonds. The molecule has 2 aromatic rings. The van der Waals surface area contributed by atoms with Crippen LogP contribution in [-0.4, -0.2) is 37.5 Å². The van der Waals surface area contributed by atoms with E-state index in [4.69, 9.17) is 9.47 Å². The van der Waals surface area contributed by atoms with Gasteiger partial charge in [-0.1, -0.05) is 60.7 Å². The number of nitrogens with one attached hydrogen (secondary N) is 2. The SMILES string of the molecule is O=C1NC(Cc2ccccc2)CO1.O=C1NC(Cc2ccccc2)CO1. The van der Waals surface area contributed by atoms with E-state index in [9.17, 15) is 9.59 Å². The molecule has 2 saturated heterocycles. The highest BCUT2D eigenvalue weighted by atomic mass is 16.6. The quantitative estimate of drug-likeness (QED) is 0.885. The van der Waals surface area contributed by atoms with Crippen LogP contribution in [0.1, 0.15) is 11.1 Å². The number of hydrogen-bond donors (Lipinski definition) is 2. The molecule has 0 aliphatic carbocycles. The topological polar surface area (TPSA) is 76.7 Å². The summed E-state index contributed by atoms with van der Waals surface area (Å²) in [5.41, 5.74) is 2.44. The fraction of sp³-hybridized carbons (Fsp3) is 0.300. The molecule has 2 unspecified atom stereocenters. The first-order valence-corrected chi connectivity index (χ1v) is 8.63. The van der Waals surface area contributed by atoms with Crippen LogP contribution in [0.3, 0.4) is 0 Å². The number of amides is 2. The molecule has 6 nitrogen and oxygen atoms in total. The number of benzene rings is 2. The van der Waals surface area contributed by atoms with E-state index < -0.39 is 0 Å². The standard InChI is InChI=1S/2C10H11NO2/c2*12-10-11-9(7-13-10)6-8-4-2-1-3-5-8/h2*1-5,9H,6-7H2,(H,11,12). The number of alkyl carbamates (subject to hydrolysis) is 2. The lowest BCUT2D eigenvalue weighted by atomic mass is 10.1. The summed E-state index contributed by atoms with van der Waals surface area (Å²) in [4.78, 5) is 21.4. The van der Waals surface area contributed by atoms with Gasteiger partial charge in [0.25, 0.3) is 0 Å². The van der Waals surface area contributed by atoms with Crippen molar-refractivity contribution in [2.75, 3.05) is 13.2 Å². The average Bonchev–Trinajstić information content (AvgIpc) is 3.25. The van der Waals surface area contributed by atoms with Crippen molar-refractivity contribution in [2.45, 2.75) is 24.9 Å². The van der Waals surface area contributed by atoms with Crippen LogP contribution >= 0.6 is 0 Å². The van der Waals surface area contributed by atoms with Crippen LogP contribution in [0, 0.1) is 0 Å². The maximum atomic E-state index is 10.7. The Balaban J connectivity index is 0.000000151. The molecular weight excluding hydrogens is 332 g/mol. The number of carbonyl (C=O) groups is 2. The van der Waals surface area contributed by atoms with Crippen molar-refractivity contribution in [3.8, 4) is 0 Å². The van der Waals surface area contributed by atoms with Crippen LogP contribution in [0.15, 0.2) is 60.7 Å². The number of cyclic esters (lactones) is 2. The van der Waals surface area contributed by atoms with Gasteiger partial charge in [-0.25, -0.2) is 9.59 Å². The van der Waals surface area contributed by atoms with Crippen LogP contribution in [0.25, 0.3) is 0 Å². The number of ether oxygens (including phenoxy) is 2. The Morgan fingerprint density at radius 3 is 1.38 bits per heavy atom. The van der Waals surface area contributed by atoms with Gasteiger partial charge in [-0.15, -0.1) is 0 Å². The minimum atomic E-state index is -0.305. The Hall–Kier alpha value is -3.02. The fourth-order valence-electron chi connectivity index (χ4n) is 2.87. The minimum Gasteiger partial charge on any atom is -0.447 e. The summed E-state index contributed by atoms with van der Waals surface area (Å²) in [6.07, 6.45) is 1.07. The summed E-state index contributed by atoms with van der Waals surface area (Å²) >= 11 is 0. The lowest BCUT2D eigenvalue weighted by molar-refractivity contribution is 0.176. The lowest BCUT2D eigenvalue weighted by Crippen LogP contribution is -2.28. The highest BCUT2D eigenvalue weighted by Gasteiger charge is 2.22. The van der Waals surface area contributed by atoms with Gasteiger partial charge >= 0.3 is 12.2 Å². The molecule has 0 spiro atoms. The molecular formula is C20H22N2O4. The summed E-state index contributed by atoms with van der Waals surface area (Å²) in [6.45, 7) is 0.960. The van der Waals surface area contributed by atoms with Crippen LogP contribution in [0.2, 0.25) is 0 Å². The van der Waals surface area contributed by atoms with Gasteiger partial charge in [0.15, 0.2) is 0 Å². The maximum Gasteiger partial charge on any atom is 0.407 e. The molecule has 0 radical (unpaired) electrons. The number of hydrogen-bond acceptors (Lipinski definition) is 4. The fourth-order valence-corrected chi connectivity index (χ4v) is 2.87. The first-order chi connectivity index (χ1) is 12.7. The molecule has 2 aliphatic rings. The van der Waals surface area contributed by atoms with Gasteiger partial charge in [0.1, 0.15) is 13.2 Å². The van der Waals surface area contributed by atoms with Crippen molar-refractivity contribution < 1.29 is 19.1 Å². The molecule has 6 heteroatoms. The van der Waals surface area contributed by atoms with E-state index in [1.54, 1.807) is 0 Å². The first kappa shape index (κ1) is 17.8. The molecule has 2 fully saturated rings.